The monoisotopic (exact) mass is 276 g/mol. The molecule has 2 aliphatic rings. The van der Waals surface area contributed by atoms with Crippen molar-refractivity contribution in [3.63, 3.8) is 0 Å². The van der Waals surface area contributed by atoms with Gasteiger partial charge in [0, 0.05) is 12.6 Å². The molecule has 1 saturated heterocycles. The topological polar surface area (TPSA) is 54.1 Å². The van der Waals surface area contributed by atoms with Crippen LogP contribution in [0, 0.1) is 5.41 Å². The highest BCUT2D eigenvalue weighted by Gasteiger charge is 2.47. The van der Waals surface area contributed by atoms with Gasteiger partial charge < -0.3 is 15.0 Å². The van der Waals surface area contributed by atoms with E-state index >= 15 is 0 Å². The third-order valence-electron chi connectivity index (χ3n) is 4.36. The molecule has 5 heteroatoms. The van der Waals surface area contributed by atoms with E-state index in [1.54, 1.807) is 11.3 Å². The highest BCUT2D eigenvalue weighted by Crippen LogP contribution is 2.47. The van der Waals surface area contributed by atoms with Crippen molar-refractivity contribution in [1.29, 1.82) is 0 Å². The maximum atomic E-state index is 12.1. The van der Waals surface area contributed by atoms with Crippen LogP contribution in [0.15, 0.2) is 17.5 Å². The van der Waals surface area contributed by atoms with Crippen LogP contribution in [0.4, 0.5) is 0 Å². The quantitative estimate of drug-likeness (QED) is 0.885. The normalized spacial score (nSPS) is 29.8. The molecule has 1 saturated carbocycles. The number of aromatic amines is 1. The van der Waals surface area contributed by atoms with Crippen LogP contribution in [0.25, 0.3) is 10.2 Å². The average Bonchev–Trinajstić information content (AvgIpc) is 3.01. The molecule has 2 aromatic rings. The minimum Gasteiger partial charge on any atom is -0.381 e. The third kappa shape index (κ3) is 1.88. The molecule has 0 bridgehead atoms. The van der Waals surface area contributed by atoms with Crippen LogP contribution in [-0.4, -0.2) is 30.1 Å². The van der Waals surface area contributed by atoms with Crippen LogP contribution in [0.3, 0.4) is 0 Å². The predicted octanol–water partition coefficient (Wildman–Crippen LogP) is 2.53. The summed E-state index contributed by atoms with van der Waals surface area (Å²) < 4.78 is 6.59. The number of ether oxygens (including phenoxy) is 1. The maximum absolute atomic E-state index is 12.1. The van der Waals surface area contributed by atoms with Crippen LogP contribution in [0.5, 0.6) is 0 Å². The lowest BCUT2D eigenvalue weighted by Gasteiger charge is -2.44. The van der Waals surface area contributed by atoms with Crippen LogP contribution >= 0.6 is 11.3 Å². The number of fused-ring (bicyclic) bond motifs is 1. The molecule has 19 heavy (non-hydrogen) atoms. The van der Waals surface area contributed by atoms with E-state index < -0.39 is 0 Å². The van der Waals surface area contributed by atoms with Gasteiger partial charge >= 0.3 is 0 Å². The predicted molar refractivity (Wildman–Crippen MR) is 74.5 cm³/mol. The Hall–Kier alpha value is -1.33. The van der Waals surface area contributed by atoms with Crippen LogP contribution in [-0.2, 0) is 4.74 Å². The van der Waals surface area contributed by atoms with Crippen molar-refractivity contribution in [2.24, 2.45) is 5.41 Å². The smallest absolute Gasteiger partial charge is 0.267 e. The molecule has 0 radical (unpaired) electrons. The number of nitrogens with one attached hydrogen (secondary N) is 2. The van der Waals surface area contributed by atoms with E-state index in [4.69, 9.17) is 4.74 Å². The number of amides is 1. The fraction of sp³-hybridized carbons (Fsp3) is 0.500. The Kier molecular flexibility index (Phi) is 2.47. The number of hydrogen-bond acceptors (Lipinski definition) is 3. The summed E-state index contributed by atoms with van der Waals surface area (Å²) in [5, 5.41) is 5.14. The Morgan fingerprint density at radius 1 is 1.53 bits per heavy atom. The Morgan fingerprint density at radius 2 is 2.42 bits per heavy atom. The maximum Gasteiger partial charge on any atom is 0.267 e. The van der Waals surface area contributed by atoms with Crippen molar-refractivity contribution >= 4 is 27.5 Å². The van der Waals surface area contributed by atoms with E-state index in [0.717, 1.165) is 42.7 Å². The molecule has 100 valence electrons. The first-order valence-corrected chi connectivity index (χ1v) is 7.57. The Morgan fingerprint density at radius 3 is 3.16 bits per heavy atom. The molecule has 1 spiro atoms. The van der Waals surface area contributed by atoms with Crippen LogP contribution in [0.1, 0.15) is 29.8 Å². The van der Waals surface area contributed by atoms with Crippen molar-refractivity contribution in [3.8, 4) is 0 Å². The molecule has 3 heterocycles. The van der Waals surface area contributed by atoms with Gasteiger partial charge in [0.25, 0.3) is 5.91 Å². The SMILES string of the molecule is O=C(NC1CC2(CCOC2)C1)c1cc2sccc2[nH]1. The highest BCUT2D eigenvalue weighted by molar-refractivity contribution is 7.17. The van der Waals surface area contributed by atoms with E-state index in [1.165, 1.54) is 0 Å². The lowest BCUT2D eigenvalue weighted by molar-refractivity contribution is 0.0529. The lowest BCUT2D eigenvalue weighted by atomic mass is 9.65. The zero-order valence-corrected chi connectivity index (χ0v) is 11.4. The summed E-state index contributed by atoms with van der Waals surface area (Å²) in [5.41, 5.74) is 2.09. The minimum atomic E-state index is 0.0159. The summed E-state index contributed by atoms with van der Waals surface area (Å²) in [6, 6.07) is 4.25. The molecular weight excluding hydrogens is 260 g/mol. The first-order chi connectivity index (χ1) is 9.24. The Balaban J connectivity index is 1.41. The largest absolute Gasteiger partial charge is 0.381 e. The summed E-state index contributed by atoms with van der Waals surface area (Å²) in [5.74, 6) is 0.0159. The Labute approximate surface area is 115 Å². The summed E-state index contributed by atoms with van der Waals surface area (Å²) in [4.78, 5) is 15.3. The molecular formula is C14H16N2O2S. The minimum absolute atomic E-state index is 0.0159. The molecule has 1 aliphatic heterocycles. The molecule has 2 N–H and O–H groups in total. The van der Waals surface area contributed by atoms with Gasteiger partial charge in [-0.15, -0.1) is 11.3 Å². The molecule has 4 rings (SSSR count). The molecule has 0 unspecified atom stereocenters. The van der Waals surface area contributed by atoms with E-state index in [2.05, 4.69) is 10.3 Å². The summed E-state index contributed by atoms with van der Waals surface area (Å²) in [7, 11) is 0. The van der Waals surface area contributed by atoms with Gasteiger partial charge in [-0.1, -0.05) is 0 Å². The molecule has 1 amide bonds. The van der Waals surface area contributed by atoms with Gasteiger partial charge in [0.05, 0.1) is 16.8 Å². The van der Waals surface area contributed by atoms with Gasteiger partial charge in [0.1, 0.15) is 5.69 Å². The van der Waals surface area contributed by atoms with Crippen molar-refractivity contribution in [2.75, 3.05) is 13.2 Å². The van der Waals surface area contributed by atoms with Crippen molar-refractivity contribution in [2.45, 2.75) is 25.3 Å². The fourth-order valence-corrected chi connectivity index (χ4v) is 4.08. The number of rotatable bonds is 2. The summed E-state index contributed by atoms with van der Waals surface area (Å²) in [6.45, 7) is 1.76. The standard InChI is InChI=1S/C14H16N2O2S/c17-13(11-5-12-10(16-11)1-4-19-12)15-9-6-14(7-9)2-3-18-8-14/h1,4-5,9,16H,2-3,6-8H2,(H,15,17). The second-order valence-corrected chi connectivity index (χ2v) is 6.71. The highest BCUT2D eigenvalue weighted by atomic mass is 32.1. The molecule has 2 fully saturated rings. The van der Waals surface area contributed by atoms with E-state index in [0.29, 0.717) is 17.2 Å². The van der Waals surface area contributed by atoms with Gasteiger partial charge in [0.2, 0.25) is 0 Å². The van der Waals surface area contributed by atoms with Crippen LogP contribution < -0.4 is 5.32 Å². The zero-order chi connectivity index (χ0) is 12.9. The summed E-state index contributed by atoms with van der Waals surface area (Å²) >= 11 is 1.65. The first-order valence-electron chi connectivity index (χ1n) is 6.69. The molecule has 0 aromatic carbocycles. The van der Waals surface area contributed by atoms with E-state index in [9.17, 15) is 4.79 Å². The van der Waals surface area contributed by atoms with Gasteiger partial charge in [-0.05, 0) is 42.2 Å². The molecule has 0 atom stereocenters. The second-order valence-electron chi connectivity index (χ2n) is 5.76. The zero-order valence-electron chi connectivity index (χ0n) is 10.6. The number of carbonyl (C=O) groups excluding carboxylic acids is 1. The van der Waals surface area contributed by atoms with Crippen molar-refractivity contribution in [3.05, 3.63) is 23.2 Å². The van der Waals surface area contributed by atoms with E-state index in [1.807, 2.05) is 17.5 Å². The fourth-order valence-electron chi connectivity index (χ4n) is 3.29. The molecule has 4 nitrogen and oxygen atoms in total. The van der Waals surface area contributed by atoms with Crippen molar-refractivity contribution < 1.29 is 9.53 Å². The third-order valence-corrected chi connectivity index (χ3v) is 5.23. The second kappa shape index (κ2) is 4.08. The lowest BCUT2D eigenvalue weighted by Crippen LogP contribution is -2.51. The van der Waals surface area contributed by atoms with Crippen LogP contribution in [0.2, 0.25) is 0 Å². The van der Waals surface area contributed by atoms with Gasteiger partial charge in [-0.25, -0.2) is 0 Å². The number of aromatic nitrogens is 1. The number of hydrogen-bond donors (Lipinski definition) is 2. The van der Waals surface area contributed by atoms with Gasteiger partial charge in [0.15, 0.2) is 0 Å². The number of H-pyrrole nitrogens is 1. The molecule has 1 aliphatic carbocycles. The van der Waals surface area contributed by atoms with E-state index in [-0.39, 0.29) is 5.91 Å². The molecule has 2 aromatic heterocycles. The van der Waals surface area contributed by atoms with Crippen molar-refractivity contribution in [1.82, 2.24) is 10.3 Å². The van der Waals surface area contributed by atoms with Gasteiger partial charge in [-0.3, -0.25) is 4.79 Å². The summed E-state index contributed by atoms with van der Waals surface area (Å²) in [6.07, 6.45) is 3.28. The Bertz CT molecular complexity index is 588. The average molecular weight is 276 g/mol. The first kappa shape index (κ1) is 11.5. The van der Waals surface area contributed by atoms with Gasteiger partial charge in [-0.2, -0.15) is 0 Å². The number of thiophene rings is 1. The number of carbonyl (C=O) groups is 1.